The maximum atomic E-state index is 8.09. The Bertz CT molecular complexity index is 67.7. The molecule has 0 saturated heterocycles. The molecule has 0 unspecified atom stereocenters. The molecule has 0 aliphatic carbocycles. The predicted molar refractivity (Wildman–Crippen MR) is 64.7 cm³/mol. The minimum Gasteiger partial charge on any atom is -0.870 e. The van der Waals surface area contributed by atoms with Gasteiger partial charge in [-0.3, -0.25) is 0 Å². The summed E-state index contributed by atoms with van der Waals surface area (Å²) in [5.41, 5.74) is 0. The van der Waals surface area contributed by atoms with E-state index in [0.29, 0.717) is 0 Å². The molecular weight excluding hydrogens is 212 g/mol. The molecule has 0 aromatic carbocycles. The zero-order valence-corrected chi connectivity index (χ0v) is 11.6. The lowest BCUT2D eigenvalue weighted by molar-refractivity contribution is -0.836. The quantitative estimate of drug-likeness (QED) is 0.395. The molecule has 0 spiro atoms. The molecule has 0 aromatic heterocycles. The lowest BCUT2D eigenvalue weighted by atomic mass is 10.3. The van der Waals surface area contributed by atoms with Crippen LogP contribution >= 0.6 is 0 Å². The Labute approximate surface area is 100 Å². The van der Waals surface area contributed by atoms with Gasteiger partial charge in [0.05, 0.1) is 42.3 Å². The molecule has 0 bridgehead atoms. The van der Waals surface area contributed by atoms with Crippen molar-refractivity contribution < 1.29 is 31.0 Å². The molecule has 0 aromatic rings. The van der Waals surface area contributed by atoms with Gasteiger partial charge >= 0.3 is 0 Å². The second kappa shape index (κ2) is 29.3. The van der Waals surface area contributed by atoms with Crippen LogP contribution in [0.15, 0.2) is 0 Å². The van der Waals surface area contributed by atoms with Crippen LogP contribution in [-0.4, -0.2) is 76.7 Å². The highest BCUT2D eigenvalue weighted by atomic mass is 16.3. The van der Waals surface area contributed by atoms with Gasteiger partial charge in [0, 0.05) is 13.2 Å². The van der Waals surface area contributed by atoms with Crippen LogP contribution in [0.25, 0.3) is 0 Å². The first-order valence-corrected chi connectivity index (χ1v) is 5.13. The molecule has 0 atom stereocenters. The van der Waals surface area contributed by atoms with Crippen LogP contribution < -0.4 is 9.80 Å². The number of nitrogens with one attached hydrogen (secondary N) is 2. The fourth-order valence-corrected chi connectivity index (χ4v) is 0.224. The summed E-state index contributed by atoms with van der Waals surface area (Å²) in [5.74, 6) is 0. The van der Waals surface area contributed by atoms with Gasteiger partial charge in [-0.1, -0.05) is 0 Å². The van der Waals surface area contributed by atoms with Gasteiger partial charge in [-0.15, -0.1) is 0 Å². The summed E-state index contributed by atoms with van der Waals surface area (Å²) in [6.07, 6.45) is 1.44. The third kappa shape index (κ3) is 294. The number of hydrogen-bond donors (Lipinski definition) is 4. The van der Waals surface area contributed by atoms with Gasteiger partial charge in [0.15, 0.2) is 0 Å². The third-order valence-corrected chi connectivity index (χ3v) is 0.566. The topological polar surface area (TPSA) is 109 Å². The average Bonchev–Trinajstić information content (AvgIpc) is 1.98. The lowest BCUT2D eigenvalue weighted by Gasteiger charge is -1.88. The zero-order valence-electron chi connectivity index (χ0n) is 11.6. The van der Waals surface area contributed by atoms with E-state index in [2.05, 4.69) is 42.3 Å². The molecule has 0 aliphatic rings. The highest BCUT2D eigenvalue weighted by Gasteiger charge is 1.77. The molecule has 0 radical (unpaired) electrons. The van der Waals surface area contributed by atoms with E-state index in [4.69, 9.17) is 10.2 Å². The zero-order chi connectivity index (χ0) is 12.0. The van der Waals surface area contributed by atoms with Crippen LogP contribution in [0.3, 0.4) is 0 Å². The molecule has 6 nitrogen and oxygen atoms in total. The standard InChI is InChI=1S/C4H10O2.2C3H9N.2H2O/c5-3-1-2-4-6;2*1-4(2)3;;/h5-6H,1-4H2;2*1-3H3;2*1H2. The SMILES string of the molecule is C[NH+](C)C.C[NH+](C)C.OCCCCO.[OH-].[OH-]. The maximum Gasteiger partial charge on any atom is 0.0661 e. The van der Waals surface area contributed by atoms with Crippen molar-refractivity contribution in [1.82, 2.24) is 0 Å². The second-order valence-corrected chi connectivity index (χ2v) is 4.15. The van der Waals surface area contributed by atoms with E-state index in [1.807, 2.05) is 0 Å². The average molecular weight is 244 g/mol. The number of aliphatic hydroxyl groups is 2. The van der Waals surface area contributed by atoms with Crippen molar-refractivity contribution in [2.45, 2.75) is 12.8 Å². The largest absolute Gasteiger partial charge is 0.870 e. The van der Waals surface area contributed by atoms with Gasteiger partial charge in [0.25, 0.3) is 0 Å². The molecule has 0 aliphatic heterocycles. The van der Waals surface area contributed by atoms with E-state index in [0.717, 1.165) is 12.8 Å². The molecule has 0 amide bonds. The van der Waals surface area contributed by atoms with Gasteiger partial charge in [-0.2, -0.15) is 0 Å². The summed E-state index contributed by atoms with van der Waals surface area (Å²) in [6.45, 7) is 0.390. The van der Waals surface area contributed by atoms with E-state index in [9.17, 15) is 0 Å². The second-order valence-electron chi connectivity index (χ2n) is 4.15. The predicted octanol–water partition coefficient (Wildman–Crippen LogP) is -3.08. The van der Waals surface area contributed by atoms with Crippen LogP contribution in [0.2, 0.25) is 0 Å². The number of unbranched alkanes of at least 4 members (excludes halogenated alkanes) is 1. The van der Waals surface area contributed by atoms with Crippen molar-refractivity contribution >= 4 is 0 Å². The molecule has 0 fully saturated rings. The fraction of sp³-hybridized carbons (Fsp3) is 1.00. The Hall–Kier alpha value is -0.240. The first-order valence-electron chi connectivity index (χ1n) is 5.13. The molecule has 0 saturated carbocycles. The van der Waals surface area contributed by atoms with Crippen molar-refractivity contribution in [1.29, 1.82) is 0 Å². The van der Waals surface area contributed by atoms with Gasteiger partial charge in [0.1, 0.15) is 0 Å². The lowest BCUT2D eigenvalue weighted by Crippen LogP contribution is -3.02. The molecule has 0 rings (SSSR count). The van der Waals surface area contributed by atoms with Crippen LogP contribution in [0.4, 0.5) is 0 Å². The van der Waals surface area contributed by atoms with E-state index >= 15 is 0 Å². The molecule has 6 N–H and O–H groups in total. The summed E-state index contributed by atoms with van der Waals surface area (Å²) in [6, 6.07) is 0. The van der Waals surface area contributed by atoms with Crippen LogP contribution in [0, 0.1) is 0 Å². The summed E-state index contributed by atoms with van der Waals surface area (Å²) in [7, 11) is 12.5. The summed E-state index contributed by atoms with van der Waals surface area (Å²) < 4.78 is 0. The van der Waals surface area contributed by atoms with Gasteiger partial charge in [0.2, 0.25) is 0 Å². The smallest absolute Gasteiger partial charge is 0.0661 e. The van der Waals surface area contributed by atoms with E-state index < -0.39 is 0 Å². The van der Waals surface area contributed by atoms with Gasteiger partial charge < -0.3 is 31.0 Å². The van der Waals surface area contributed by atoms with Crippen LogP contribution in [0.1, 0.15) is 12.8 Å². The third-order valence-electron chi connectivity index (χ3n) is 0.566. The number of rotatable bonds is 3. The van der Waals surface area contributed by atoms with Gasteiger partial charge in [-0.25, -0.2) is 0 Å². The van der Waals surface area contributed by atoms with Crippen molar-refractivity contribution in [3.63, 3.8) is 0 Å². The van der Waals surface area contributed by atoms with Crippen LogP contribution in [-0.2, 0) is 0 Å². The normalized spacial score (nSPS) is 7.88. The fourth-order valence-electron chi connectivity index (χ4n) is 0.224. The molecule has 16 heavy (non-hydrogen) atoms. The van der Waals surface area contributed by atoms with E-state index in [-0.39, 0.29) is 24.2 Å². The molecular formula is C10H32N2O4. The summed E-state index contributed by atoms with van der Waals surface area (Å²) >= 11 is 0. The molecule has 106 valence electrons. The summed E-state index contributed by atoms with van der Waals surface area (Å²) in [5, 5.41) is 16.2. The molecule has 0 heterocycles. The number of aliphatic hydroxyl groups excluding tert-OH is 2. The monoisotopic (exact) mass is 244 g/mol. The minimum atomic E-state index is 0. The van der Waals surface area contributed by atoms with Crippen molar-refractivity contribution in [2.24, 2.45) is 0 Å². The van der Waals surface area contributed by atoms with Crippen molar-refractivity contribution in [3.8, 4) is 0 Å². The Morgan fingerprint density at radius 3 is 0.812 bits per heavy atom. The maximum absolute atomic E-state index is 8.09. The highest BCUT2D eigenvalue weighted by Crippen LogP contribution is 1.80. The number of hydrogen-bond acceptors (Lipinski definition) is 4. The Morgan fingerprint density at radius 1 is 0.625 bits per heavy atom. The minimum absolute atomic E-state index is 0. The first kappa shape index (κ1) is 29.7. The first-order chi connectivity index (χ1) is 6.38. The summed E-state index contributed by atoms with van der Waals surface area (Å²) in [4.78, 5) is 2.83. The van der Waals surface area contributed by atoms with E-state index in [1.54, 1.807) is 0 Å². The Morgan fingerprint density at radius 2 is 0.750 bits per heavy atom. The van der Waals surface area contributed by atoms with E-state index in [1.165, 1.54) is 9.80 Å². The van der Waals surface area contributed by atoms with Crippen LogP contribution in [0.5, 0.6) is 0 Å². The van der Waals surface area contributed by atoms with Gasteiger partial charge in [-0.05, 0) is 12.8 Å². The Balaban J connectivity index is -0.0000000367. The van der Waals surface area contributed by atoms with Crippen molar-refractivity contribution in [2.75, 3.05) is 55.5 Å². The Kier molecular flexibility index (Phi) is 54.4. The highest BCUT2D eigenvalue weighted by molar-refractivity contribution is 4.30. The number of quaternary nitrogens is 2. The van der Waals surface area contributed by atoms with Crippen molar-refractivity contribution in [3.05, 3.63) is 0 Å². The molecule has 6 heteroatoms.